The smallest absolute Gasteiger partial charge is 0.177 e. The van der Waals surface area contributed by atoms with Crippen LogP contribution < -0.4 is 10.2 Å². The van der Waals surface area contributed by atoms with Crippen molar-refractivity contribution in [3.05, 3.63) is 60.2 Å². The second-order valence-electron chi connectivity index (χ2n) is 4.33. The Balaban J connectivity index is 2.19. The van der Waals surface area contributed by atoms with Crippen molar-refractivity contribution in [2.45, 2.75) is 13.8 Å². The topological polar surface area (TPSA) is 15.3 Å². The second-order valence-corrected chi connectivity index (χ2v) is 4.71. The molecule has 2 rings (SSSR count). The maximum atomic E-state index is 5.51. The molecule has 2 aromatic rings. The first kappa shape index (κ1) is 13.6. The van der Waals surface area contributed by atoms with Crippen LogP contribution in [0.25, 0.3) is 0 Å². The van der Waals surface area contributed by atoms with Crippen LogP contribution in [0.2, 0.25) is 0 Å². The number of hydrogen-bond acceptors (Lipinski definition) is 1. The van der Waals surface area contributed by atoms with E-state index < -0.39 is 0 Å². The number of nitrogens with one attached hydrogen (secondary N) is 1. The van der Waals surface area contributed by atoms with Crippen LogP contribution >= 0.6 is 12.2 Å². The Morgan fingerprint density at radius 1 is 1.05 bits per heavy atom. The molecule has 0 saturated carbocycles. The minimum Gasteiger partial charge on any atom is -0.332 e. The molecule has 0 heterocycles. The first-order chi connectivity index (χ1) is 9.22. The highest BCUT2D eigenvalue weighted by molar-refractivity contribution is 7.80. The lowest BCUT2D eigenvalue weighted by Crippen LogP contribution is -2.35. The number of rotatable bonds is 3. The van der Waals surface area contributed by atoms with Gasteiger partial charge in [-0.3, -0.25) is 0 Å². The van der Waals surface area contributed by atoms with E-state index in [1.807, 2.05) is 42.5 Å². The van der Waals surface area contributed by atoms with E-state index in [1.54, 1.807) is 0 Å². The van der Waals surface area contributed by atoms with Crippen LogP contribution in [-0.2, 0) is 0 Å². The van der Waals surface area contributed by atoms with Gasteiger partial charge in [-0.15, -0.1) is 0 Å². The fourth-order valence-corrected chi connectivity index (χ4v) is 2.35. The molecule has 0 bridgehead atoms. The van der Waals surface area contributed by atoms with Gasteiger partial charge in [-0.1, -0.05) is 36.4 Å². The van der Waals surface area contributed by atoms with Crippen LogP contribution in [0.4, 0.5) is 11.4 Å². The Morgan fingerprint density at radius 3 is 2.32 bits per heavy atom. The molecule has 19 heavy (non-hydrogen) atoms. The van der Waals surface area contributed by atoms with Gasteiger partial charge in [0.25, 0.3) is 0 Å². The molecule has 0 aromatic heterocycles. The summed E-state index contributed by atoms with van der Waals surface area (Å²) in [5, 5.41) is 4.00. The monoisotopic (exact) mass is 270 g/mol. The highest BCUT2D eigenvalue weighted by atomic mass is 32.1. The van der Waals surface area contributed by atoms with Gasteiger partial charge in [0, 0.05) is 17.9 Å². The van der Waals surface area contributed by atoms with E-state index >= 15 is 0 Å². The standard InChI is InChI=1S/C16H18N2S/c1-3-18(15-12-8-7-9-13(15)2)16(19)17-14-10-5-4-6-11-14/h4-12H,3H2,1-2H3,(H,17,19). The van der Waals surface area contributed by atoms with Crippen molar-refractivity contribution < 1.29 is 0 Å². The largest absolute Gasteiger partial charge is 0.332 e. The molecule has 98 valence electrons. The van der Waals surface area contributed by atoms with Gasteiger partial charge in [-0.25, -0.2) is 0 Å². The molecule has 2 nitrogen and oxygen atoms in total. The van der Waals surface area contributed by atoms with E-state index in [-0.39, 0.29) is 0 Å². The van der Waals surface area contributed by atoms with Crippen LogP contribution in [0.15, 0.2) is 54.6 Å². The molecule has 0 fully saturated rings. The molecule has 3 heteroatoms. The first-order valence-electron chi connectivity index (χ1n) is 6.41. The molecule has 0 aliphatic carbocycles. The maximum Gasteiger partial charge on any atom is 0.177 e. The Morgan fingerprint density at radius 2 is 1.68 bits per heavy atom. The summed E-state index contributed by atoms with van der Waals surface area (Å²) in [7, 11) is 0. The zero-order chi connectivity index (χ0) is 13.7. The van der Waals surface area contributed by atoms with E-state index in [0.717, 1.165) is 23.0 Å². The van der Waals surface area contributed by atoms with Crippen molar-refractivity contribution in [3.8, 4) is 0 Å². The number of nitrogens with zero attached hydrogens (tertiary/aromatic N) is 1. The Bertz CT molecular complexity index is 552. The summed E-state index contributed by atoms with van der Waals surface area (Å²) in [5.41, 5.74) is 3.39. The average Bonchev–Trinajstić information content (AvgIpc) is 2.43. The molecule has 0 amide bonds. The second kappa shape index (κ2) is 6.34. The highest BCUT2D eigenvalue weighted by Gasteiger charge is 2.11. The lowest BCUT2D eigenvalue weighted by Gasteiger charge is -2.26. The van der Waals surface area contributed by atoms with E-state index in [2.05, 4.69) is 36.2 Å². The van der Waals surface area contributed by atoms with Gasteiger partial charge in [-0.2, -0.15) is 0 Å². The predicted molar refractivity (Wildman–Crippen MR) is 86.9 cm³/mol. The molecular formula is C16H18N2S. The lowest BCUT2D eigenvalue weighted by molar-refractivity contribution is 1.06. The van der Waals surface area contributed by atoms with Crippen LogP contribution in [0, 0.1) is 6.92 Å². The van der Waals surface area contributed by atoms with Gasteiger partial charge in [0.05, 0.1) is 0 Å². The lowest BCUT2D eigenvalue weighted by atomic mass is 10.2. The number of hydrogen-bond donors (Lipinski definition) is 1. The first-order valence-corrected chi connectivity index (χ1v) is 6.82. The maximum absolute atomic E-state index is 5.51. The molecule has 0 atom stereocenters. The number of anilines is 2. The quantitative estimate of drug-likeness (QED) is 0.841. The summed E-state index contributed by atoms with van der Waals surface area (Å²) in [6.45, 7) is 5.04. The van der Waals surface area contributed by atoms with E-state index in [4.69, 9.17) is 12.2 Å². The van der Waals surface area contributed by atoms with Crippen molar-refractivity contribution in [2.24, 2.45) is 0 Å². The zero-order valence-electron chi connectivity index (χ0n) is 11.3. The Labute approximate surface area is 120 Å². The van der Waals surface area contributed by atoms with Crippen LogP contribution in [0.3, 0.4) is 0 Å². The van der Waals surface area contributed by atoms with Crippen molar-refractivity contribution >= 4 is 28.7 Å². The van der Waals surface area contributed by atoms with Crippen molar-refractivity contribution in [1.29, 1.82) is 0 Å². The summed E-state index contributed by atoms with van der Waals surface area (Å²) in [6, 6.07) is 18.3. The third-order valence-corrected chi connectivity index (χ3v) is 3.32. The Hall–Kier alpha value is -1.87. The van der Waals surface area contributed by atoms with E-state index in [0.29, 0.717) is 0 Å². The normalized spacial score (nSPS) is 10.0. The molecule has 2 aromatic carbocycles. The van der Waals surface area contributed by atoms with Crippen molar-refractivity contribution in [3.63, 3.8) is 0 Å². The highest BCUT2D eigenvalue weighted by Crippen LogP contribution is 2.20. The van der Waals surface area contributed by atoms with Crippen molar-refractivity contribution in [2.75, 3.05) is 16.8 Å². The SMILES string of the molecule is CCN(C(=S)Nc1ccccc1)c1ccccc1C. The van der Waals surface area contributed by atoms with Gasteiger partial charge in [0.1, 0.15) is 0 Å². The molecule has 0 radical (unpaired) electrons. The molecule has 0 aliphatic heterocycles. The summed E-state index contributed by atoms with van der Waals surface area (Å²) >= 11 is 5.51. The van der Waals surface area contributed by atoms with E-state index in [1.165, 1.54) is 5.56 Å². The number of aryl methyl sites for hydroxylation is 1. The summed E-state index contributed by atoms with van der Waals surface area (Å²) in [5.74, 6) is 0. The molecule has 0 aliphatic rings. The molecule has 0 spiro atoms. The number of benzene rings is 2. The minimum atomic E-state index is 0.725. The van der Waals surface area contributed by atoms with E-state index in [9.17, 15) is 0 Å². The molecular weight excluding hydrogens is 252 g/mol. The number of thiocarbonyl (C=S) groups is 1. The summed E-state index contributed by atoms with van der Waals surface area (Å²) < 4.78 is 0. The number of para-hydroxylation sites is 2. The van der Waals surface area contributed by atoms with Gasteiger partial charge in [0.15, 0.2) is 5.11 Å². The van der Waals surface area contributed by atoms with Gasteiger partial charge in [0.2, 0.25) is 0 Å². The fraction of sp³-hybridized carbons (Fsp3) is 0.188. The fourth-order valence-electron chi connectivity index (χ4n) is 2.00. The van der Waals surface area contributed by atoms with Crippen LogP contribution in [0.1, 0.15) is 12.5 Å². The Kier molecular flexibility index (Phi) is 4.53. The third-order valence-electron chi connectivity index (χ3n) is 2.99. The molecule has 0 unspecified atom stereocenters. The van der Waals surface area contributed by atoms with Gasteiger partial charge < -0.3 is 10.2 Å². The minimum absolute atomic E-state index is 0.725. The predicted octanol–water partition coefficient (Wildman–Crippen LogP) is 4.22. The van der Waals surface area contributed by atoms with Crippen molar-refractivity contribution in [1.82, 2.24) is 0 Å². The van der Waals surface area contributed by atoms with Gasteiger partial charge >= 0.3 is 0 Å². The summed E-state index contributed by atoms with van der Waals surface area (Å²) in [4.78, 5) is 2.11. The summed E-state index contributed by atoms with van der Waals surface area (Å²) in [6.07, 6.45) is 0. The van der Waals surface area contributed by atoms with Crippen LogP contribution in [0.5, 0.6) is 0 Å². The molecule has 1 N–H and O–H groups in total. The average molecular weight is 270 g/mol. The third kappa shape index (κ3) is 3.32. The van der Waals surface area contributed by atoms with Gasteiger partial charge in [-0.05, 0) is 49.8 Å². The van der Waals surface area contributed by atoms with Crippen LogP contribution in [-0.4, -0.2) is 11.7 Å². The zero-order valence-corrected chi connectivity index (χ0v) is 12.1. The molecule has 0 saturated heterocycles.